The highest BCUT2D eigenvalue weighted by Crippen LogP contribution is 2.35. The number of hydrogen-bond acceptors (Lipinski definition) is 6. The van der Waals surface area contributed by atoms with Crippen molar-refractivity contribution in [3.63, 3.8) is 0 Å². The second-order valence-electron chi connectivity index (χ2n) is 5.86. The average molecular weight is 328 g/mol. The molecule has 0 amide bonds. The molecule has 1 saturated heterocycles. The summed E-state index contributed by atoms with van der Waals surface area (Å²) in [6.45, 7) is 3.96. The van der Waals surface area contributed by atoms with E-state index in [0.29, 0.717) is 12.3 Å². The standard InChI is InChI=1S/C18H24N4O2/c1-24-16-6-4-5-14(18(16)23)15(13-19)21-9-11-22(12-10-21)17-7-2-3-8-20-17/h2-8,15,23H,9-13,19H2,1H3. The number of nitrogens with two attached hydrogens (primary N) is 1. The van der Waals surface area contributed by atoms with Gasteiger partial charge in [-0.3, -0.25) is 4.90 Å². The molecule has 1 aromatic carbocycles. The summed E-state index contributed by atoms with van der Waals surface area (Å²) < 4.78 is 5.22. The molecule has 0 bridgehead atoms. The number of phenolic OH excluding ortho intramolecular Hbond substituents is 1. The van der Waals surface area contributed by atoms with Crippen LogP contribution in [0.5, 0.6) is 11.5 Å². The Balaban J connectivity index is 1.72. The molecule has 128 valence electrons. The van der Waals surface area contributed by atoms with Gasteiger partial charge in [-0.2, -0.15) is 0 Å². The first-order valence-corrected chi connectivity index (χ1v) is 8.20. The molecule has 3 rings (SSSR count). The second-order valence-corrected chi connectivity index (χ2v) is 5.86. The van der Waals surface area contributed by atoms with E-state index >= 15 is 0 Å². The molecule has 3 N–H and O–H groups in total. The quantitative estimate of drug-likeness (QED) is 0.869. The predicted octanol–water partition coefficient (Wildman–Crippen LogP) is 1.62. The van der Waals surface area contributed by atoms with Gasteiger partial charge in [0.25, 0.3) is 0 Å². The zero-order chi connectivity index (χ0) is 16.9. The Morgan fingerprint density at radius 3 is 2.58 bits per heavy atom. The Hall–Kier alpha value is -2.31. The van der Waals surface area contributed by atoms with Crippen molar-refractivity contribution in [1.82, 2.24) is 9.88 Å². The van der Waals surface area contributed by atoms with E-state index in [1.807, 2.05) is 36.5 Å². The van der Waals surface area contributed by atoms with E-state index in [9.17, 15) is 5.11 Å². The molecule has 1 fully saturated rings. The topological polar surface area (TPSA) is 74.9 Å². The minimum atomic E-state index is -0.0222. The lowest BCUT2D eigenvalue weighted by Gasteiger charge is -2.39. The van der Waals surface area contributed by atoms with Gasteiger partial charge in [0.05, 0.1) is 13.2 Å². The number of methoxy groups -OCH3 is 1. The number of ether oxygens (including phenoxy) is 1. The molecular weight excluding hydrogens is 304 g/mol. The number of pyridine rings is 1. The summed E-state index contributed by atoms with van der Waals surface area (Å²) in [4.78, 5) is 9.00. The first-order valence-electron chi connectivity index (χ1n) is 8.20. The first-order chi connectivity index (χ1) is 11.7. The van der Waals surface area contributed by atoms with Gasteiger partial charge >= 0.3 is 0 Å². The summed E-state index contributed by atoms with van der Waals surface area (Å²) in [7, 11) is 1.56. The number of anilines is 1. The molecule has 1 atom stereocenters. The van der Waals surface area contributed by atoms with Crippen molar-refractivity contribution in [2.24, 2.45) is 5.73 Å². The number of rotatable bonds is 5. The van der Waals surface area contributed by atoms with Crippen LogP contribution >= 0.6 is 0 Å². The number of aromatic hydroxyl groups is 1. The fraction of sp³-hybridized carbons (Fsp3) is 0.389. The molecular formula is C18H24N4O2. The maximum Gasteiger partial charge on any atom is 0.162 e. The van der Waals surface area contributed by atoms with Crippen LogP contribution in [-0.2, 0) is 0 Å². The Bertz CT molecular complexity index is 657. The Morgan fingerprint density at radius 1 is 1.17 bits per heavy atom. The van der Waals surface area contributed by atoms with E-state index in [1.54, 1.807) is 13.2 Å². The minimum Gasteiger partial charge on any atom is -0.504 e. The van der Waals surface area contributed by atoms with Crippen LogP contribution in [-0.4, -0.2) is 54.8 Å². The van der Waals surface area contributed by atoms with Gasteiger partial charge < -0.3 is 20.5 Å². The summed E-state index contributed by atoms with van der Waals surface area (Å²) in [6, 6.07) is 11.5. The summed E-state index contributed by atoms with van der Waals surface area (Å²) in [5, 5.41) is 10.4. The van der Waals surface area contributed by atoms with E-state index in [1.165, 1.54) is 0 Å². The number of benzene rings is 1. The predicted molar refractivity (Wildman–Crippen MR) is 94.5 cm³/mol. The van der Waals surface area contributed by atoms with E-state index in [2.05, 4.69) is 14.8 Å². The molecule has 1 aliphatic heterocycles. The van der Waals surface area contributed by atoms with Gasteiger partial charge in [0.15, 0.2) is 11.5 Å². The smallest absolute Gasteiger partial charge is 0.162 e. The van der Waals surface area contributed by atoms with Gasteiger partial charge in [-0.05, 0) is 18.2 Å². The number of para-hydroxylation sites is 1. The van der Waals surface area contributed by atoms with Crippen molar-refractivity contribution in [2.45, 2.75) is 6.04 Å². The van der Waals surface area contributed by atoms with Gasteiger partial charge in [-0.15, -0.1) is 0 Å². The highest BCUT2D eigenvalue weighted by molar-refractivity contribution is 5.47. The van der Waals surface area contributed by atoms with Gasteiger partial charge in [-0.1, -0.05) is 18.2 Å². The summed E-state index contributed by atoms with van der Waals surface area (Å²) in [5.74, 6) is 1.67. The van der Waals surface area contributed by atoms with Crippen molar-refractivity contribution in [3.05, 3.63) is 48.2 Å². The Morgan fingerprint density at radius 2 is 1.96 bits per heavy atom. The van der Waals surface area contributed by atoms with Crippen LogP contribution in [0.2, 0.25) is 0 Å². The molecule has 0 radical (unpaired) electrons. The third-order valence-corrected chi connectivity index (χ3v) is 4.56. The molecule has 0 aliphatic carbocycles. The molecule has 1 aliphatic rings. The molecule has 1 unspecified atom stereocenters. The third-order valence-electron chi connectivity index (χ3n) is 4.56. The zero-order valence-corrected chi connectivity index (χ0v) is 13.9. The normalized spacial score (nSPS) is 16.8. The van der Waals surface area contributed by atoms with Gasteiger partial charge in [0.2, 0.25) is 0 Å². The van der Waals surface area contributed by atoms with Crippen molar-refractivity contribution < 1.29 is 9.84 Å². The van der Waals surface area contributed by atoms with Crippen LogP contribution in [0.4, 0.5) is 5.82 Å². The lowest BCUT2D eigenvalue weighted by molar-refractivity contribution is 0.186. The third kappa shape index (κ3) is 3.29. The van der Waals surface area contributed by atoms with Crippen molar-refractivity contribution in [1.29, 1.82) is 0 Å². The number of hydrogen-bond donors (Lipinski definition) is 2. The lowest BCUT2D eigenvalue weighted by atomic mass is 10.0. The van der Waals surface area contributed by atoms with Crippen LogP contribution in [0, 0.1) is 0 Å². The number of aromatic nitrogens is 1. The van der Waals surface area contributed by atoms with Gasteiger partial charge in [-0.25, -0.2) is 4.98 Å². The fourth-order valence-electron chi connectivity index (χ4n) is 3.25. The highest BCUT2D eigenvalue weighted by atomic mass is 16.5. The molecule has 24 heavy (non-hydrogen) atoms. The largest absolute Gasteiger partial charge is 0.504 e. The monoisotopic (exact) mass is 328 g/mol. The van der Waals surface area contributed by atoms with Crippen molar-refractivity contribution in [3.8, 4) is 11.5 Å². The molecule has 2 aromatic rings. The van der Waals surface area contributed by atoms with Crippen LogP contribution < -0.4 is 15.4 Å². The lowest BCUT2D eigenvalue weighted by Crippen LogP contribution is -2.49. The molecule has 2 heterocycles. The summed E-state index contributed by atoms with van der Waals surface area (Å²) >= 11 is 0. The SMILES string of the molecule is COc1cccc(C(CN)N2CCN(c3ccccn3)CC2)c1O. The van der Waals surface area contributed by atoms with E-state index in [0.717, 1.165) is 37.6 Å². The van der Waals surface area contributed by atoms with Gasteiger partial charge in [0, 0.05) is 44.5 Å². The highest BCUT2D eigenvalue weighted by Gasteiger charge is 2.27. The number of nitrogens with zero attached hydrogens (tertiary/aromatic N) is 3. The average Bonchev–Trinajstić information content (AvgIpc) is 2.65. The van der Waals surface area contributed by atoms with Crippen LogP contribution in [0.3, 0.4) is 0 Å². The van der Waals surface area contributed by atoms with Gasteiger partial charge in [0.1, 0.15) is 5.82 Å². The van der Waals surface area contributed by atoms with E-state index < -0.39 is 0 Å². The maximum absolute atomic E-state index is 10.4. The van der Waals surface area contributed by atoms with Crippen LogP contribution in [0.25, 0.3) is 0 Å². The number of phenols is 1. The molecule has 0 saturated carbocycles. The molecule has 0 spiro atoms. The Labute approximate surface area is 142 Å². The minimum absolute atomic E-state index is 0.0222. The zero-order valence-electron chi connectivity index (χ0n) is 13.9. The van der Waals surface area contributed by atoms with Crippen LogP contribution in [0.15, 0.2) is 42.6 Å². The van der Waals surface area contributed by atoms with E-state index in [-0.39, 0.29) is 11.8 Å². The maximum atomic E-state index is 10.4. The van der Waals surface area contributed by atoms with Crippen LogP contribution in [0.1, 0.15) is 11.6 Å². The van der Waals surface area contributed by atoms with Crippen molar-refractivity contribution >= 4 is 5.82 Å². The molecule has 6 heteroatoms. The molecule has 1 aromatic heterocycles. The van der Waals surface area contributed by atoms with Crippen molar-refractivity contribution in [2.75, 3.05) is 44.7 Å². The summed E-state index contributed by atoms with van der Waals surface area (Å²) in [5.41, 5.74) is 6.84. The van der Waals surface area contributed by atoms with E-state index in [4.69, 9.17) is 10.5 Å². The summed E-state index contributed by atoms with van der Waals surface area (Å²) in [6.07, 6.45) is 1.82. The second kappa shape index (κ2) is 7.51. The molecule has 6 nitrogen and oxygen atoms in total. The fourth-order valence-corrected chi connectivity index (χ4v) is 3.25. The first kappa shape index (κ1) is 16.5. The Kier molecular flexibility index (Phi) is 5.17. The number of piperazine rings is 1.